The van der Waals surface area contributed by atoms with Crippen LogP contribution in [0.4, 0.5) is 4.79 Å². The third-order valence-electron chi connectivity index (χ3n) is 10.5. The Morgan fingerprint density at radius 1 is 0.479 bits per heavy atom. The number of amides is 2. The molecule has 0 saturated heterocycles. The molecule has 71 heavy (non-hydrogen) atoms. The van der Waals surface area contributed by atoms with Crippen molar-refractivity contribution in [3.8, 4) is 11.1 Å². The van der Waals surface area contributed by atoms with Gasteiger partial charge in [-0.25, -0.2) is 4.79 Å². The van der Waals surface area contributed by atoms with Crippen LogP contribution in [-0.2, 0) is 80.6 Å². The Morgan fingerprint density at radius 3 is 1.11 bits per heavy atom. The molecule has 0 aromatic heterocycles. The van der Waals surface area contributed by atoms with E-state index in [0.717, 1.165) is 22.3 Å². The summed E-state index contributed by atoms with van der Waals surface area (Å²) in [6.45, 7) is 11.0. The zero-order chi connectivity index (χ0) is 50.7. The molecule has 0 saturated carbocycles. The van der Waals surface area contributed by atoms with Crippen molar-refractivity contribution in [1.29, 1.82) is 0 Å². The number of fused-ring (bicyclic) bond motifs is 3. The van der Waals surface area contributed by atoms with Crippen LogP contribution in [0.5, 0.6) is 0 Å². The summed E-state index contributed by atoms with van der Waals surface area (Å²) in [4.78, 5) is 40.6. The molecule has 0 spiro atoms. The van der Waals surface area contributed by atoms with Gasteiger partial charge in [-0.05, 0) is 28.7 Å². The first-order chi connectivity index (χ1) is 35.0. The van der Waals surface area contributed by atoms with Crippen LogP contribution in [0.15, 0.2) is 48.5 Å². The monoisotopic (exact) mass is 1010 g/mol. The lowest BCUT2D eigenvalue weighted by Crippen LogP contribution is -2.50. The Balaban J connectivity index is 1.37. The van der Waals surface area contributed by atoms with E-state index in [9.17, 15) is 19.5 Å². The third kappa shape index (κ3) is 29.4. The molecule has 2 amide bonds. The lowest BCUT2D eigenvalue weighted by molar-refractivity contribution is -0.138. The third-order valence-corrected chi connectivity index (χ3v) is 10.5. The summed E-state index contributed by atoms with van der Waals surface area (Å²) in [5, 5.41) is 12.2. The molecule has 1 atom stereocenters. The Bertz CT molecular complexity index is 1550. The number of hydrogen-bond acceptors (Lipinski definition) is 18. The molecule has 404 valence electrons. The second kappa shape index (κ2) is 42.6. The van der Waals surface area contributed by atoms with Gasteiger partial charge in [-0.2, -0.15) is 0 Å². The zero-order valence-corrected chi connectivity index (χ0v) is 41.9. The number of rotatable bonds is 49. The zero-order valence-electron chi connectivity index (χ0n) is 41.9. The topological polar surface area (TPSA) is 225 Å². The van der Waals surface area contributed by atoms with E-state index in [4.69, 9.17) is 71.1 Å². The normalized spacial score (nSPS) is 12.5. The summed E-state index contributed by atoms with van der Waals surface area (Å²) in [5.41, 5.74) is 4.23. The fraction of sp³-hybridized carbons (Fsp3) is 0.700. The smallest absolute Gasteiger partial charge is 0.407 e. The summed E-state index contributed by atoms with van der Waals surface area (Å²) >= 11 is 0. The van der Waals surface area contributed by atoms with Crippen molar-refractivity contribution in [3.63, 3.8) is 0 Å². The van der Waals surface area contributed by atoms with Gasteiger partial charge in [0.05, 0.1) is 172 Å². The van der Waals surface area contributed by atoms with Gasteiger partial charge in [0, 0.05) is 39.6 Å². The van der Waals surface area contributed by atoms with Gasteiger partial charge in [0.2, 0.25) is 5.91 Å². The number of carboxylic acids is 1. The maximum Gasteiger partial charge on any atom is 0.407 e. The molecule has 21 nitrogen and oxygen atoms in total. The van der Waals surface area contributed by atoms with Crippen molar-refractivity contribution >= 4 is 18.0 Å². The summed E-state index contributed by atoms with van der Waals surface area (Å²) in [6.07, 6.45) is -1.33. The molecule has 0 aliphatic heterocycles. The quantitative estimate of drug-likeness (QED) is 0.0909. The van der Waals surface area contributed by atoms with E-state index in [1.807, 2.05) is 48.5 Å². The predicted molar refractivity (Wildman–Crippen MR) is 259 cm³/mol. The highest BCUT2D eigenvalue weighted by Gasteiger charge is 2.31. The molecule has 3 rings (SSSR count). The summed E-state index contributed by atoms with van der Waals surface area (Å²) in [5.74, 6) is -1.80. The van der Waals surface area contributed by atoms with Crippen molar-refractivity contribution in [1.82, 2.24) is 10.2 Å². The molecular weight excluding hydrogens is 933 g/mol. The van der Waals surface area contributed by atoms with E-state index in [0.29, 0.717) is 145 Å². The largest absolute Gasteiger partial charge is 0.481 e. The fourth-order valence-electron chi connectivity index (χ4n) is 6.90. The van der Waals surface area contributed by atoms with Gasteiger partial charge in [-0.1, -0.05) is 48.5 Å². The number of benzene rings is 2. The lowest BCUT2D eigenvalue weighted by Gasteiger charge is -2.28. The molecule has 0 radical (unpaired) electrons. The number of alkyl carbamates (subject to hydrolysis) is 1. The number of carbonyl (C=O) groups is 3. The van der Waals surface area contributed by atoms with E-state index in [1.165, 1.54) is 4.90 Å². The van der Waals surface area contributed by atoms with Gasteiger partial charge in [0.25, 0.3) is 0 Å². The van der Waals surface area contributed by atoms with Gasteiger partial charge in [0.1, 0.15) is 12.6 Å². The first kappa shape index (κ1) is 61.4. The SMILES string of the molecule is COCCOCCOCCOCCOCCOCCOCCN(CCOCCOCCOCCOCCOCCOCCOC)C(=O)[C@H](CCC(=O)O)NC(=O)OCC1c2ccccc2-c2ccccc21. The van der Waals surface area contributed by atoms with Crippen molar-refractivity contribution in [2.75, 3.05) is 206 Å². The van der Waals surface area contributed by atoms with Crippen LogP contribution in [0.25, 0.3) is 11.1 Å². The molecule has 2 aromatic carbocycles. The van der Waals surface area contributed by atoms with Crippen molar-refractivity contribution < 1.29 is 90.5 Å². The molecule has 0 fully saturated rings. The van der Waals surface area contributed by atoms with Gasteiger partial charge in [-0.15, -0.1) is 0 Å². The van der Waals surface area contributed by atoms with Gasteiger partial charge >= 0.3 is 12.1 Å². The number of methoxy groups -OCH3 is 2. The Morgan fingerprint density at radius 2 is 0.789 bits per heavy atom. The molecule has 2 aromatic rings. The van der Waals surface area contributed by atoms with Crippen LogP contribution in [-0.4, -0.2) is 240 Å². The summed E-state index contributed by atoms with van der Waals surface area (Å²) < 4.78 is 82.0. The highest BCUT2D eigenvalue weighted by atomic mass is 16.6. The fourth-order valence-corrected chi connectivity index (χ4v) is 6.90. The molecule has 0 bridgehead atoms. The minimum atomic E-state index is -1.18. The number of nitrogens with zero attached hydrogens (tertiary/aromatic N) is 1. The van der Waals surface area contributed by atoms with E-state index in [-0.39, 0.29) is 64.9 Å². The van der Waals surface area contributed by atoms with E-state index in [2.05, 4.69) is 5.32 Å². The molecule has 21 heteroatoms. The number of aliphatic carboxylic acids is 1. The maximum atomic E-state index is 14.1. The van der Waals surface area contributed by atoms with Gasteiger partial charge in [0.15, 0.2) is 0 Å². The summed E-state index contributed by atoms with van der Waals surface area (Å²) in [6, 6.07) is 14.7. The highest BCUT2D eigenvalue weighted by molar-refractivity contribution is 5.86. The standard InChI is InChI=1S/C50H80N2O19/c1-57-17-19-61-25-27-65-33-35-69-39-37-67-31-29-63-23-21-59-15-13-52(14-16-60-22-24-64-30-32-68-38-40-70-36-34-66-28-26-62-20-18-58-2)49(55)47(11-12-48(53)54)51-50(56)71-41-46-44-9-5-3-7-42(44)43-8-4-6-10-45(43)46/h3-10,46-47H,11-41H2,1-2H3,(H,51,56)(H,53,54)/t47-/m0/s1. The molecule has 0 unspecified atom stereocenters. The summed E-state index contributed by atoms with van der Waals surface area (Å²) in [7, 11) is 3.25. The first-order valence-electron chi connectivity index (χ1n) is 24.5. The van der Waals surface area contributed by atoms with Crippen LogP contribution in [0.2, 0.25) is 0 Å². The molecular formula is C50H80N2O19. The number of ether oxygens (including phenoxy) is 15. The molecule has 2 N–H and O–H groups in total. The molecule has 0 heterocycles. The minimum absolute atomic E-state index is 0.0309. The Kier molecular flexibility index (Phi) is 36.8. The molecule has 1 aliphatic carbocycles. The Hall–Kier alpha value is -3.91. The van der Waals surface area contributed by atoms with Crippen molar-refractivity contribution in [2.24, 2.45) is 0 Å². The van der Waals surface area contributed by atoms with E-state index in [1.54, 1.807) is 14.2 Å². The number of hydrogen-bond donors (Lipinski definition) is 2. The van der Waals surface area contributed by atoms with Gasteiger partial charge < -0.3 is 86.4 Å². The Labute approximate surface area is 419 Å². The van der Waals surface area contributed by atoms with Crippen molar-refractivity contribution in [2.45, 2.75) is 24.8 Å². The highest BCUT2D eigenvalue weighted by Crippen LogP contribution is 2.44. The van der Waals surface area contributed by atoms with E-state index >= 15 is 0 Å². The second-order valence-electron chi connectivity index (χ2n) is 15.6. The number of carbonyl (C=O) groups excluding carboxylic acids is 2. The van der Waals surface area contributed by atoms with Crippen LogP contribution in [0.3, 0.4) is 0 Å². The number of nitrogens with one attached hydrogen (secondary N) is 1. The minimum Gasteiger partial charge on any atom is -0.481 e. The number of carboxylic acid groups (broad SMARTS) is 1. The lowest BCUT2D eigenvalue weighted by atomic mass is 9.98. The van der Waals surface area contributed by atoms with Crippen LogP contribution < -0.4 is 5.32 Å². The first-order valence-corrected chi connectivity index (χ1v) is 24.5. The van der Waals surface area contributed by atoms with Crippen LogP contribution in [0.1, 0.15) is 29.9 Å². The van der Waals surface area contributed by atoms with Crippen molar-refractivity contribution in [3.05, 3.63) is 59.7 Å². The van der Waals surface area contributed by atoms with Crippen LogP contribution >= 0.6 is 0 Å². The molecule has 1 aliphatic rings. The maximum absolute atomic E-state index is 14.1. The predicted octanol–water partition coefficient (Wildman–Crippen LogP) is 3.08. The average molecular weight is 1010 g/mol. The van der Waals surface area contributed by atoms with Gasteiger partial charge in [-0.3, -0.25) is 9.59 Å². The average Bonchev–Trinajstić information content (AvgIpc) is 3.70. The van der Waals surface area contributed by atoms with Crippen LogP contribution in [0, 0.1) is 0 Å². The van der Waals surface area contributed by atoms with E-state index < -0.39 is 24.0 Å². The second-order valence-corrected chi connectivity index (χ2v) is 15.6.